The second-order valence-electron chi connectivity index (χ2n) is 23.8. The Morgan fingerprint density at radius 1 is 0.537 bits per heavy atom. The molecule has 0 spiro atoms. The standard InChI is InChI=1S/C63H64F2N2O8.C16H17N.K.H2P.V/c1-7-63(5,44-62(3,4)60(69)74-39-11-37-72-57-32-19-46(20-33-57)21-36-59(68)71-6)61(70)75-40-12-38-73-58-34-30-53(31-35-58)66(55-17-9-14-49(64)42-55)51-26-22-47(23-27-51)48-24-28-52(29-25-48)67(54-16-8-13-45(2)41-54)56-18-10-15-50(65)43-56;1-3-12(2)17-15-10-6-4-8-13(15)14-9-5-7-11-16(14)17;;;/h8-10,13-36,41-43H,7,11-12,37-40,44H2,1-6H3;4-12H,3H2,1-2H3;;1H2;/q;;+1;-1;/b36-21+;;;;. The molecule has 95 heavy (non-hydrogen) atoms. The number of aromatic nitrogens is 1. The van der Waals surface area contributed by atoms with Gasteiger partial charge in [-0.2, -0.15) is 0 Å². The van der Waals surface area contributed by atoms with Crippen molar-refractivity contribution in [3.05, 3.63) is 247 Å². The molecule has 2 atom stereocenters. The molecule has 0 saturated carbocycles. The van der Waals surface area contributed by atoms with E-state index in [0.29, 0.717) is 61.4 Å². The molecular formula is C79H83F2KN3O8PV. The van der Waals surface area contributed by atoms with Gasteiger partial charge in [-0.15, -0.1) is 0 Å². The molecule has 1 radical (unpaired) electrons. The van der Waals surface area contributed by atoms with Gasteiger partial charge in [0.2, 0.25) is 0 Å². The summed E-state index contributed by atoms with van der Waals surface area (Å²) < 4.78 is 59.4. The molecule has 10 aromatic rings. The first kappa shape index (κ1) is 76.7. The minimum Gasteiger partial charge on any atom is -0.577 e. The average Bonchev–Trinajstić information content (AvgIpc) is 1.63. The Kier molecular flexibility index (Phi) is 29.6. The van der Waals surface area contributed by atoms with Crippen molar-refractivity contribution in [1.29, 1.82) is 0 Å². The molecule has 10 rings (SSSR count). The van der Waals surface area contributed by atoms with Crippen LogP contribution in [0.2, 0.25) is 0 Å². The average molecular weight is 1360 g/mol. The fraction of sp³-hybridized carbons (Fsp3) is 0.253. The van der Waals surface area contributed by atoms with E-state index in [1.54, 1.807) is 44.2 Å². The Labute approximate surface area is 616 Å². The van der Waals surface area contributed by atoms with E-state index in [2.05, 4.69) is 77.7 Å². The molecule has 0 N–H and O–H groups in total. The Bertz CT molecular complexity index is 4030. The van der Waals surface area contributed by atoms with E-state index < -0.39 is 22.8 Å². The maximum Gasteiger partial charge on any atom is 1.00 e. The van der Waals surface area contributed by atoms with E-state index in [4.69, 9.17) is 18.9 Å². The number of ether oxygens (including phenoxy) is 5. The third-order valence-corrected chi connectivity index (χ3v) is 16.5. The zero-order valence-electron chi connectivity index (χ0n) is 55.8. The second-order valence-corrected chi connectivity index (χ2v) is 23.8. The number of methoxy groups -OCH3 is 1. The van der Waals surface area contributed by atoms with Gasteiger partial charge in [-0.05, 0) is 204 Å². The number of fused-ring (bicyclic) bond motifs is 3. The van der Waals surface area contributed by atoms with E-state index in [1.165, 1.54) is 59.3 Å². The normalized spacial score (nSPS) is 11.9. The molecule has 0 aliphatic heterocycles. The number of hydrogen-bond donors (Lipinski definition) is 0. The summed E-state index contributed by atoms with van der Waals surface area (Å²) in [5.74, 6) is -0.634. The number of halogens is 2. The minimum absolute atomic E-state index is 0. The zero-order chi connectivity index (χ0) is 65.2. The van der Waals surface area contributed by atoms with Gasteiger partial charge in [-0.1, -0.05) is 111 Å². The largest absolute Gasteiger partial charge is 1.00 e. The van der Waals surface area contributed by atoms with Crippen molar-refractivity contribution in [3.8, 4) is 22.6 Å². The summed E-state index contributed by atoms with van der Waals surface area (Å²) >= 11 is 0. The van der Waals surface area contributed by atoms with Crippen molar-refractivity contribution in [2.75, 3.05) is 43.3 Å². The molecule has 11 nitrogen and oxygen atoms in total. The summed E-state index contributed by atoms with van der Waals surface area (Å²) in [6.07, 6.45) is 5.77. The van der Waals surface area contributed by atoms with Gasteiger partial charge in [0.25, 0.3) is 0 Å². The first-order valence-corrected chi connectivity index (χ1v) is 31.4. The van der Waals surface area contributed by atoms with Gasteiger partial charge in [0.05, 0.1) is 44.4 Å². The number of hydrogen-bond acceptors (Lipinski definition) is 10. The van der Waals surface area contributed by atoms with Gasteiger partial charge in [0.15, 0.2) is 0 Å². The Balaban J connectivity index is 0.000000613. The van der Waals surface area contributed by atoms with Gasteiger partial charge < -0.3 is 48.0 Å². The minimum atomic E-state index is -0.950. The van der Waals surface area contributed by atoms with Crippen LogP contribution in [0.15, 0.2) is 224 Å². The molecular weight excluding hydrogens is 1280 g/mol. The van der Waals surface area contributed by atoms with Gasteiger partial charge >= 0.3 is 69.3 Å². The number of benzene rings is 9. The van der Waals surface area contributed by atoms with Crippen LogP contribution in [0.3, 0.4) is 0 Å². The molecule has 0 aliphatic carbocycles. The molecule has 0 bridgehead atoms. The van der Waals surface area contributed by atoms with E-state index in [0.717, 1.165) is 51.4 Å². The number of carbonyl (C=O) groups excluding carboxylic acids is 3. The van der Waals surface area contributed by atoms with Crippen LogP contribution in [0.4, 0.5) is 42.9 Å². The van der Waals surface area contributed by atoms with Crippen molar-refractivity contribution in [2.45, 2.75) is 86.6 Å². The monoisotopic (exact) mass is 1360 g/mol. The molecule has 2 unspecified atom stereocenters. The van der Waals surface area contributed by atoms with Gasteiger partial charge in [0, 0.05) is 99.4 Å². The second kappa shape index (κ2) is 36.7. The predicted octanol–water partition coefficient (Wildman–Crippen LogP) is 17.3. The van der Waals surface area contributed by atoms with Crippen molar-refractivity contribution >= 4 is 89.8 Å². The van der Waals surface area contributed by atoms with Crippen LogP contribution in [-0.2, 0) is 47.1 Å². The number of esters is 3. The molecule has 0 saturated heterocycles. The maximum absolute atomic E-state index is 14.7. The Hall–Kier alpha value is -7.36. The summed E-state index contributed by atoms with van der Waals surface area (Å²) in [5, 5.41) is 2.73. The number of carbonyl (C=O) groups is 3. The third kappa shape index (κ3) is 20.4. The zero-order valence-corrected chi connectivity index (χ0v) is 61.4. The van der Waals surface area contributed by atoms with Crippen LogP contribution in [0.5, 0.6) is 11.5 Å². The molecule has 1 aromatic heterocycles. The maximum atomic E-state index is 14.7. The fourth-order valence-electron chi connectivity index (χ4n) is 11.3. The van der Waals surface area contributed by atoms with Gasteiger partial charge in [0.1, 0.15) is 23.1 Å². The topological polar surface area (TPSA) is 109 Å². The Morgan fingerprint density at radius 2 is 0.968 bits per heavy atom. The molecule has 0 amide bonds. The number of para-hydroxylation sites is 2. The van der Waals surface area contributed by atoms with Crippen molar-refractivity contribution in [1.82, 2.24) is 4.57 Å². The van der Waals surface area contributed by atoms with Crippen LogP contribution in [-0.4, -0.2) is 56.0 Å². The van der Waals surface area contributed by atoms with Crippen LogP contribution >= 0.6 is 9.90 Å². The number of rotatable bonds is 26. The van der Waals surface area contributed by atoms with Crippen LogP contribution in [0, 0.1) is 29.4 Å². The number of aryl methyl sites for hydroxylation is 1. The van der Waals surface area contributed by atoms with Gasteiger partial charge in [-0.25, -0.2) is 13.6 Å². The summed E-state index contributed by atoms with van der Waals surface area (Å²) in [5.41, 5.74) is 9.51. The molecule has 16 heteroatoms. The van der Waals surface area contributed by atoms with E-state index in [9.17, 15) is 23.2 Å². The van der Waals surface area contributed by atoms with Crippen molar-refractivity contribution in [2.24, 2.45) is 10.8 Å². The number of nitrogens with zero attached hydrogens (tertiary/aromatic N) is 3. The van der Waals surface area contributed by atoms with Crippen LogP contribution in [0.1, 0.15) is 90.8 Å². The van der Waals surface area contributed by atoms with E-state index >= 15 is 0 Å². The molecule has 9 aromatic carbocycles. The third-order valence-electron chi connectivity index (χ3n) is 16.5. The fourth-order valence-corrected chi connectivity index (χ4v) is 11.3. The molecule has 0 fully saturated rings. The van der Waals surface area contributed by atoms with Crippen LogP contribution in [0.25, 0.3) is 39.0 Å². The first-order chi connectivity index (χ1) is 44.5. The van der Waals surface area contributed by atoms with Crippen molar-refractivity contribution < 1.29 is 117 Å². The summed E-state index contributed by atoms with van der Waals surface area (Å²) in [6.45, 7) is 14.8. The summed E-state index contributed by atoms with van der Waals surface area (Å²) in [6, 6.07) is 70.0. The van der Waals surface area contributed by atoms with E-state index in [-0.39, 0.29) is 117 Å². The SMILES string of the molecule is CCC(C)(CC(C)(C)C(=O)OCCCOc1ccc(/C=C/C(=O)OC)cc1)C(=O)OCCCOc1ccc(N(c2ccc(-c3ccc(N(c4cccc(C)c4)c4cccc(F)c4)cc3)cc2)c2cccc(F)c2)cc1.CCC(C)n1c2ccccc2c2ccccc21.[K+].[PH2-].[V]. The predicted molar refractivity (Wildman–Crippen MR) is 376 cm³/mol. The van der Waals surface area contributed by atoms with Crippen molar-refractivity contribution in [3.63, 3.8) is 0 Å². The molecule has 487 valence electrons. The first-order valence-electron chi connectivity index (χ1n) is 31.4. The number of anilines is 6. The summed E-state index contributed by atoms with van der Waals surface area (Å²) in [4.78, 5) is 42.0. The quantitative estimate of drug-likeness (QED) is 0.0130. The molecule has 1 heterocycles. The smallest absolute Gasteiger partial charge is 0.577 e. The molecule has 0 aliphatic rings. The Morgan fingerprint density at radius 3 is 1.42 bits per heavy atom. The van der Waals surface area contributed by atoms with Crippen LogP contribution < -0.4 is 70.7 Å². The van der Waals surface area contributed by atoms with Gasteiger partial charge in [-0.3, -0.25) is 9.59 Å². The van der Waals surface area contributed by atoms with E-state index in [1.807, 2.05) is 146 Å². The summed E-state index contributed by atoms with van der Waals surface area (Å²) in [7, 11) is 1.32.